The summed E-state index contributed by atoms with van der Waals surface area (Å²) in [6.07, 6.45) is -1.69. The van der Waals surface area contributed by atoms with Gasteiger partial charge >= 0.3 is 0 Å². The lowest BCUT2D eigenvalue weighted by molar-refractivity contribution is -0.265. The van der Waals surface area contributed by atoms with Gasteiger partial charge in [-0.15, -0.1) is 0 Å². The highest BCUT2D eigenvalue weighted by Gasteiger charge is 2.75. The first-order valence-electron chi connectivity index (χ1n) is 14.1. The van der Waals surface area contributed by atoms with Crippen molar-refractivity contribution in [3.05, 3.63) is 58.7 Å². The molecule has 6 N–H and O–H groups in total. The molecule has 0 saturated heterocycles. The summed E-state index contributed by atoms with van der Waals surface area (Å²) >= 11 is 2.93. The molecule has 0 heterocycles. The third-order valence-electron chi connectivity index (χ3n) is 10.1. The van der Waals surface area contributed by atoms with Crippen LogP contribution in [-0.2, 0) is 16.0 Å². The summed E-state index contributed by atoms with van der Waals surface area (Å²) in [4.78, 5) is 56.6. The molecule has 10 nitrogen and oxygen atoms in total. The summed E-state index contributed by atoms with van der Waals surface area (Å²) in [5.41, 5.74) is 2.35. The van der Waals surface area contributed by atoms with E-state index in [0.29, 0.717) is 22.4 Å². The van der Waals surface area contributed by atoms with Gasteiger partial charge in [0, 0.05) is 17.2 Å². The van der Waals surface area contributed by atoms with Gasteiger partial charge in [0.1, 0.15) is 17.8 Å². The number of aliphatic hydroxyl groups is 3. The number of nitrogens with two attached hydrogens (primary N) is 1. The van der Waals surface area contributed by atoms with E-state index >= 15 is 0 Å². The van der Waals surface area contributed by atoms with Crippen LogP contribution in [0.3, 0.4) is 0 Å². The predicted octanol–water partition coefficient (Wildman–Crippen LogP) is 2.86. The number of aliphatic hydroxyl groups excluding tert-OH is 2. The van der Waals surface area contributed by atoms with Crippen LogP contribution in [-0.4, -0.2) is 66.6 Å². The van der Waals surface area contributed by atoms with Gasteiger partial charge in [-0.2, -0.15) is 0 Å². The van der Waals surface area contributed by atoms with Crippen LogP contribution < -0.4 is 5.73 Å². The van der Waals surface area contributed by atoms with Crippen molar-refractivity contribution < 1.29 is 39.6 Å². The number of aromatic hydroxyl groups is 1. The monoisotopic (exact) mass is 654 g/mol. The van der Waals surface area contributed by atoms with E-state index in [1.807, 2.05) is 0 Å². The highest BCUT2D eigenvalue weighted by atomic mass is 79.9. The molecule has 4 unspecified atom stereocenters. The Hall–Kier alpha value is -3.25. The number of rotatable bonds is 5. The summed E-state index contributed by atoms with van der Waals surface area (Å²) in [6.45, 7) is 6.99. The van der Waals surface area contributed by atoms with Crippen molar-refractivity contribution in [3.63, 3.8) is 0 Å². The molecule has 2 aromatic rings. The lowest BCUT2D eigenvalue weighted by atomic mass is 9.39. The first-order valence-corrected chi connectivity index (χ1v) is 14.9. The molecular formula is C32H35BrN2O8. The van der Waals surface area contributed by atoms with Gasteiger partial charge in [-0.05, 0) is 81.4 Å². The molecule has 1 amide bonds. The van der Waals surface area contributed by atoms with Crippen LogP contribution in [0, 0.1) is 34.5 Å². The minimum Gasteiger partial charge on any atom is -0.507 e. The Bertz CT molecular complexity index is 1590. The zero-order valence-electron chi connectivity index (χ0n) is 24.2. The quantitative estimate of drug-likeness (QED) is 0.185. The van der Waals surface area contributed by atoms with Gasteiger partial charge in [0.25, 0.3) is 0 Å². The van der Waals surface area contributed by atoms with Gasteiger partial charge in [0.2, 0.25) is 10.6 Å². The van der Waals surface area contributed by atoms with E-state index in [-0.39, 0.29) is 34.8 Å². The standard InChI is InChI=1S/C32H35BrN2O8/c1-14(2)22-25(38)21(29(34)42)26(39)32(43)27(40)23-24(37)20-18(11-30(23,3)13-31(22,32)4)16(8-9-19(20)36)12-35-17-7-5-6-15(10-17)28(33)41/h5-10,12,14,21-23,25,27,36,38,40,43H,11,13H2,1-4H3,(H2,34,42)/t21?,22-,23?,25?,27?,30+,31+,32-/m0/s1. The molecule has 11 heteroatoms. The number of primary amides is 1. The van der Waals surface area contributed by atoms with E-state index in [0.717, 1.165) is 0 Å². The van der Waals surface area contributed by atoms with E-state index in [2.05, 4.69) is 20.9 Å². The van der Waals surface area contributed by atoms with E-state index < -0.39 is 63.9 Å². The second kappa shape index (κ2) is 10.4. The normalized spacial score (nSPS) is 35.4. The van der Waals surface area contributed by atoms with Crippen molar-refractivity contribution in [2.75, 3.05) is 0 Å². The average Bonchev–Trinajstić information content (AvgIpc) is 2.90. The van der Waals surface area contributed by atoms with Crippen molar-refractivity contribution in [1.29, 1.82) is 0 Å². The van der Waals surface area contributed by atoms with Gasteiger partial charge in [-0.3, -0.25) is 24.2 Å². The number of nitrogens with zero attached hydrogens (tertiary/aromatic N) is 1. The number of carbonyl (C=O) groups excluding carboxylic acids is 4. The summed E-state index contributed by atoms with van der Waals surface area (Å²) in [5.74, 6) is -7.42. The smallest absolute Gasteiger partial charge is 0.230 e. The Morgan fingerprint density at radius 1 is 1.14 bits per heavy atom. The highest BCUT2D eigenvalue weighted by molar-refractivity contribution is 9.18. The number of amides is 1. The van der Waals surface area contributed by atoms with Crippen LogP contribution in [0.4, 0.5) is 5.69 Å². The van der Waals surface area contributed by atoms with Crippen LogP contribution in [0.1, 0.15) is 66.0 Å². The van der Waals surface area contributed by atoms with Gasteiger partial charge in [-0.1, -0.05) is 39.8 Å². The number of aliphatic imine (C=N–C) groups is 1. The van der Waals surface area contributed by atoms with Crippen LogP contribution in [0.25, 0.3) is 0 Å². The second-order valence-corrected chi connectivity index (χ2v) is 13.8. The molecule has 2 saturated carbocycles. The Kier molecular flexibility index (Phi) is 7.57. The lowest BCUT2D eigenvalue weighted by Crippen LogP contribution is -2.79. The second-order valence-electron chi connectivity index (χ2n) is 13.1. The maximum atomic E-state index is 14.2. The van der Waals surface area contributed by atoms with Gasteiger partial charge in [0.05, 0.1) is 23.3 Å². The lowest BCUT2D eigenvalue weighted by Gasteiger charge is -2.66. The minimum absolute atomic E-state index is 0.0438. The van der Waals surface area contributed by atoms with Gasteiger partial charge < -0.3 is 26.2 Å². The van der Waals surface area contributed by atoms with Crippen molar-refractivity contribution in [2.24, 2.45) is 45.2 Å². The molecule has 5 rings (SSSR count). The van der Waals surface area contributed by atoms with Crippen LogP contribution in [0.2, 0.25) is 0 Å². The fourth-order valence-corrected chi connectivity index (χ4v) is 8.78. The number of hydrogen-bond donors (Lipinski definition) is 5. The van der Waals surface area contributed by atoms with Crippen molar-refractivity contribution in [3.8, 4) is 5.75 Å². The number of phenols is 1. The number of carbonyl (C=O) groups is 4. The number of halogens is 1. The summed E-state index contributed by atoms with van der Waals surface area (Å²) in [7, 11) is 0. The predicted molar refractivity (Wildman–Crippen MR) is 160 cm³/mol. The average molecular weight is 656 g/mol. The van der Waals surface area contributed by atoms with Crippen molar-refractivity contribution in [1.82, 2.24) is 0 Å². The molecule has 0 aliphatic heterocycles. The molecule has 0 radical (unpaired) electrons. The molecule has 8 atom stereocenters. The van der Waals surface area contributed by atoms with E-state index in [1.165, 1.54) is 12.3 Å². The Morgan fingerprint density at radius 2 is 1.81 bits per heavy atom. The van der Waals surface area contributed by atoms with E-state index in [9.17, 15) is 39.6 Å². The van der Waals surface area contributed by atoms with Crippen LogP contribution in [0.5, 0.6) is 5.75 Å². The van der Waals surface area contributed by atoms with E-state index in [4.69, 9.17) is 5.73 Å². The van der Waals surface area contributed by atoms with Crippen molar-refractivity contribution in [2.45, 2.75) is 58.3 Å². The number of benzene rings is 2. The van der Waals surface area contributed by atoms with Crippen LogP contribution in [0.15, 0.2) is 41.4 Å². The number of fused-ring (bicyclic) bond motifs is 3. The molecule has 2 fully saturated rings. The minimum atomic E-state index is -2.56. The number of phenolic OH excluding ortho intramolecular Hbond substituents is 1. The summed E-state index contributed by atoms with van der Waals surface area (Å²) < 4.78 is -0.298. The molecular weight excluding hydrogens is 620 g/mol. The SMILES string of the molecule is CC(C)[C@H]1C(O)C(C(N)=O)C(=O)[C@]2(O)C(O)C3C(=O)c4c(O)ccc(C=Nc5cccc(C(=O)Br)c5)c4C[C@]3(C)C[C@]12C. The molecule has 228 valence electrons. The highest BCUT2D eigenvalue weighted by Crippen LogP contribution is 2.65. The third kappa shape index (κ3) is 4.43. The Morgan fingerprint density at radius 3 is 2.42 bits per heavy atom. The largest absolute Gasteiger partial charge is 0.507 e. The zero-order chi connectivity index (χ0) is 31.8. The summed E-state index contributed by atoms with van der Waals surface area (Å²) in [5, 5.41) is 46.2. The van der Waals surface area contributed by atoms with Gasteiger partial charge in [0.15, 0.2) is 17.2 Å². The molecule has 0 spiro atoms. The molecule has 2 aromatic carbocycles. The topological polar surface area (TPSA) is 188 Å². The molecule has 0 aromatic heterocycles. The van der Waals surface area contributed by atoms with Crippen LogP contribution >= 0.6 is 15.9 Å². The molecule has 0 bridgehead atoms. The fraction of sp³-hybridized carbons (Fsp3) is 0.469. The molecule has 43 heavy (non-hydrogen) atoms. The van der Waals surface area contributed by atoms with Gasteiger partial charge in [-0.25, -0.2) is 0 Å². The Balaban J connectivity index is 1.65. The first-order chi connectivity index (χ1) is 20.0. The maximum absolute atomic E-state index is 14.2. The number of Topliss-reactive ketones (excluding diaryl/α,β-unsaturated/α-hetero) is 2. The first kappa shape index (κ1) is 31.2. The number of hydrogen-bond acceptors (Lipinski definition) is 9. The maximum Gasteiger partial charge on any atom is 0.230 e. The van der Waals surface area contributed by atoms with E-state index in [1.54, 1.807) is 58.0 Å². The third-order valence-corrected chi connectivity index (χ3v) is 10.6. The molecule has 3 aliphatic carbocycles. The fourth-order valence-electron chi connectivity index (χ4n) is 8.53. The molecule has 3 aliphatic rings. The summed E-state index contributed by atoms with van der Waals surface area (Å²) in [6, 6.07) is 9.58. The Labute approximate surface area is 257 Å². The van der Waals surface area contributed by atoms with Crippen molar-refractivity contribution >= 4 is 50.0 Å². The zero-order valence-corrected chi connectivity index (χ0v) is 25.8. The number of ketones is 2.